The van der Waals surface area contributed by atoms with Gasteiger partial charge in [0, 0.05) is 5.56 Å². The summed E-state index contributed by atoms with van der Waals surface area (Å²) < 4.78 is 81.3. The largest absolute Gasteiger partial charge is 0.436 e. The van der Waals surface area contributed by atoms with Crippen molar-refractivity contribution in [2.45, 2.75) is 27.3 Å². The monoisotopic (exact) mass is 431 g/mol. The molecular weight excluding hydrogens is 427 g/mol. The van der Waals surface area contributed by atoms with Gasteiger partial charge in [-0.3, -0.25) is 0 Å². The summed E-state index contributed by atoms with van der Waals surface area (Å²) in [4.78, 5) is -1.00. The molecule has 2 rings (SSSR count). The Kier molecular flexibility index (Phi) is 5.35. The highest BCUT2D eigenvalue weighted by Gasteiger charge is 2.76. The zero-order valence-corrected chi connectivity index (χ0v) is 14.2. The second-order valence-corrected chi connectivity index (χ2v) is 8.06. The second-order valence-electron chi connectivity index (χ2n) is 4.53. The van der Waals surface area contributed by atoms with Gasteiger partial charge in [0.25, 0.3) is 0 Å². The molecule has 1 aliphatic rings. The number of nitrogens with zero attached hydrogens (tertiary/aromatic N) is 1. The van der Waals surface area contributed by atoms with Crippen LogP contribution in [0.25, 0.3) is 0 Å². The van der Waals surface area contributed by atoms with Crippen molar-refractivity contribution in [2.24, 2.45) is 4.99 Å². The van der Waals surface area contributed by atoms with Crippen LogP contribution in [-0.2, 0) is 4.74 Å². The van der Waals surface area contributed by atoms with Gasteiger partial charge in [-0.15, -0.1) is 0 Å². The van der Waals surface area contributed by atoms with Crippen LogP contribution in [0.1, 0.15) is 5.56 Å². The molecule has 134 valence electrons. The highest BCUT2D eigenvalue weighted by Crippen LogP contribution is 2.57. The number of rotatable bonds is 1. The maximum absolute atomic E-state index is 13.3. The van der Waals surface area contributed by atoms with E-state index < -0.39 is 44.1 Å². The SMILES string of the molecule is FC(F)(F)C1(C(F)(F)F)OC(C(Cl)(Cl)Cl)N=C(c2ccccc2)S1. The van der Waals surface area contributed by atoms with E-state index in [0.717, 1.165) is 0 Å². The van der Waals surface area contributed by atoms with Crippen LogP contribution in [0.2, 0.25) is 0 Å². The van der Waals surface area contributed by atoms with Crippen molar-refractivity contribution in [1.29, 1.82) is 0 Å². The third kappa shape index (κ3) is 3.75. The van der Waals surface area contributed by atoms with Crippen molar-refractivity contribution < 1.29 is 31.1 Å². The van der Waals surface area contributed by atoms with E-state index in [1.807, 2.05) is 0 Å². The molecule has 0 saturated carbocycles. The Morgan fingerprint density at radius 3 is 1.88 bits per heavy atom. The van der Waals surface area contributed by atoms with Crippen molar-refractivity contribution in [2.75, 3.05) is 0 Å². The van der Waals surface area contributed by atoms with Crippen LogP contribution in [0.5, 0.6) is 0 Å². The number of alkyl halides is 9. The molecule has 12 heteroatoms. The number of ether oxygens (including phenoxy) is 1. The van der Waals surface area contributed by atoms with Crippen molar-refractivity contribution in [1.82, 2.24) is 0 Å². The van der Waals surface area contributed by atoms with Gasteiger partial charge in [0.05, 0.1) is 0 Å². The summed E-state index contributed by atoms with van der Waals surface area (Å²) >= 11 is 15.7. The van der Waals surface area contributed by atoms with E-state index in [2.05, 4.69) is 9.73 Å². The zero-order valence-electron chi connectivity index (χ0n) is 11.1. The quantitative estimate of drug-likeness (QED) is 0.419. The number of hydrogen-bond donors (Lipinski definition) is 0. The molecule has 0 amide bonds. The molecule has 24 heavy (non-hydrogen) atoms. The van der Waals surface area contributed by atoms with Crippen LogP contribution >= 0.6 is 46.6 Å². The Balaban J connectivity index is 2.63. The summed E-state index contributed by atoms with van der Waals surface area (Å²) in [6, 6.07) is 6.93. The van der Waals surface area contributed by atoms with Crippen LogP contribution in [0.4, 0.5) is 26.3 Å². The Bertz CT molecular complexity index is 614. The molecule has 1 aromatic rings. The van der Waals surface area contributed by atoms with Crippen LogP contribution in [-0.4, -0.2) is 32.3 Å². The van der Waals surface area contributed by atoms with Gasteiger partial charge in [-0.2, -0.15) is 26.3 Å². The van der Waals surface area contributed by atoms with Crippen molar-refractivity contribution in [3.63, 3.8) is 0 Å². The molecule has 0 N–H and O–H groups in total. The summed E-state index contributed by atoms with van der Waals surface area (Å²) in [5, 5.41) is -0.604. The fraction of sp³-hybridized carbons (Fsp3) is 0.417. The van der Waals surface area contributed by atoms with E-state index in [9.17, 15) is 26.3 Å². The molecule has 1 aromatic carbocycles. The van der Waals surface area contributed by atoms with E-state index in [0.29, 0.717) is 0 Å². The van der Waals surface area contributed by atoms with Crippen molar-refractivity contribution >= 4 is 51.6 Å². The molecule has 1 heterocycles. The molecule has 0 bridgehead atoms. The van der Waals surface area contributed by atoms with E-state index in [1.165, 1.54) is 30.3 Å². The topological polar surface area (TPSA) is 21.6 Å². The number of benzene rings is 1. The molecule has 0 aromatic heterocycles. The van der Waals surface area contributed by atoms with Crippen LogP contribution < -0.4 is 0 Å². The van der Waals surface area contributed by atoms with E-state index in [1.54, 1.807) is 0 Å². The van der Waals surface area contributed by atoms with Gasteiger partial charge in [0.2, 0.25) is 3.79 Å². The number of halogens is 9. The van der Waals surface area contributed by atoms with Crippen LogP contribution in [0, 0.1) is 0 Å². The summed E-state index contributed by atoms with van der Waals surface area (Å²) in [6.07, 6.45) is -14.0. The van der Waals surface area contributed by atoms with Crippen LogP contribution in [0.3, 0.4) is 0 Å². The first-order valence-electron chi connectivity index (χ1n) is 5.98. The Labute approximate surface area is 151 Å². The minimum atomic E-state index is -5.83. The van der Waals surface area contributed by atoms with E-state index in [-0.39, 0.29) is 5.56 Å². The normalized spacial score (nSPS) is 22.2. The smallest absolute Gasteiger partial charge is 0.318 e. The van der Waals surface area contributed by atoms with Crippen molar-refractivity contribution in [3.05, 3.63) is 35.9 Å². The predicted octanol–water partition coefficient (Wildman–Crippen LogP) is 5.71. The molecule has 2 nitrogen and oxygen atoms in total. The first-order chi connectivity index (χ1) is 10.8. The van der Waals surface area contributed by atoms with Gasteiger partial charge in [-0.1, -0.05) is 76.9 Å². The van der Waals surface area contributed by atoms with Gasteiger partial charge < -0.3 is 4.74 Å². The van der Waals surface area contributed by atoms with Gasteiger partial charge in [-0.25, -0.2) is 4.99 Å². The fourth-order valence-electron chi connectivity index (χ4n) is 1.74. The molecule has 0 radical (unpaired) electrons. The lowest BCUT2D eigenvalue weighted by atomic mass is 10.2. The average Bonchev–Trinajstić information content (AvgIpc) is 2.44. The molecule has 0 spiro atoms. The fourth-order valence-corrected chi connectivity index (χ4v) is 3.07. The third-order valence-electron chi connectivity index (χ3n) is 2.80. The first kappa shape index (κ1) is 20.0. The lowest BCUT2D eigenvalue weighted by molar-refractivity contribution is -0.349. The summed E-state index contributed by atoms with van der Waals surface area (Å²) in [7, 11) is 0. The number of hydrogen-bond acceptors (Lipinski definition) is 3. The number of aliphatic imine (C=N–C) groups is 1. The van der Waals surface area contributed by atoms with E-state index >= 15 is 0 Å². The van der Waals surface area contributed by atoms with Crippen molar-refractivity contribution in [3.8, 4) is 0 Å². The summed E-state index contributed by atoms with van der Waals surface area (Å²) in [5.74, 6) is 0. The standard InChI is InChI=1S/C12H6Cl3F6NOS/c13-9(14,15)8-22-7(6-4-2-1-3-5-6)24-10(23-8,11(16,17)18)12(19,20)21/h1-5,8H. The Morgan fingerprint density at radius 2 is 1.46 bits per heavy atom. The molecule has 1 unspecified atom stereocenters. The number of thioether (sulfide) groups is 1. The minimum Gasteiger partial charge on any atom is -0.318 e. The summed E-state index contributed by atoms with van der Waals surface area (Å²) in [5.41, 5.74) is 0.00271. The van der Waals surface area contributed by atoms with Crippen LogP contribution in [0.15, 0.2) is 35.3 Å². The van der Waals surface area contributed by atoms with E-state index in [4.69, 9.17) is 34.8 Å². The highest BCUT2D eigenvalue weighted by molar-refractivity contribution is 8.15. The molecule has 0 aliphatic carbocycles. The molecule has 0 saturated heterocycles. The average molecular weight is 433 g/mol. The zero-order chi connectivity index (χ0) is 18.4. The van der Waals surface area contributed by atoms with Gasteiger partial charge in [0.15, 0.2) is 6.23 Å². The maximum atomic E-state index is 13.3. The Hall–Kier alpha value is -0.350. The lowest BCUT2D eigenvalue weighted by Crippen LogP contribution is -2.61. The lowest BCUT2D eigenvalue weighted by Gasteiger charge is -2.42. The first-order valence-corrected chi connectivity index (χ1v) is 7.93. The third-order valence-corrected chi connectivity index (χ3v) is 4.74. The maximum Gasteiger partial charge on any atom is 0.436 e. The summed E-state index contributed by atoms with van der Waals surface area (Å²) in [6.45, 7) is 0. The highest BCUT2D eigenvalue weighted by atomic mass is 35.6. The molecular formula is C12H6Cl3F6NOS. The van der Waals surface area contributed by atoms with Gasteiger partial charge in [0.1, 0.15) is 5.04 Å². The predicted molar refractivity (Wildman–Crippen MR) is 80.6 cm³/mol. The minimum absolute atomic E-state index is 0.00271. The molecule has 0 fully saturated rings. The van der Waals surface area contributed by atoms with Gasteiger partial charge in [-0.05, 0) is 0 Å². The van der Waals surface area contributed by atoms with Gasteiger partial charge >= 0.3 is 17.3 Å². The molecule has 1 aliphatic heterocycles. The molecule has 1 atom stereocenters. The Morgan fingerprint density at radius 1 is 0.958 bits per heavy atom. The second kappa shape index (κ2) is 6.42.